The van der Waals surface area contributed by atoms with E-state index in [1.807, 2.05) is 55.1 Å². The largest absolute Gasteiger partial charge is 0.494 e. The molecule has 2 rings (SSSR count). The van der Waals surface area contributed by atoms with Gasteiger partial charge >= 0.3 is 0 Å². The Bertz CT molecular complexity index is 662. The molecule has 2 aromatic rings. The number of nitrogens with zero attached hydrogens (tertiary/aromatic N) is 1. The molecule has 25 heavy (non-hydrogen) atoms. The lowest BCUT2D eigenvalue weighted by Gasteiger charge is -2.22. The summed E-state index contributed by atoms with van der Waals surface area (Å²) in [6.45, 7) is 6.14. The molecule has 0 saturated heterocycles. The minimum absolute atomic E-state index is 0. The third-order valence-corrected chi connectivity index (χ3v) is 3.93. The molecule has 0 radical (unpaired) electrons. The van der Waals surface area contributed by atoms with Crippen LogP contribution in [0.3, 0.4) is 0 Å². The molecule has 0 aromatic heterocycles. The van der Waals surface area contributed by atoms with Crippen LogP contribution < -0.4 is 10.5 Å². The maximum absolute atomic E-state index is 12.8. The molecule has 0 heterocycles. The van der Waals surface area contributed by atoms with Gasteiger partial charge in [0.05, 0.1) is 6.61 Å². The Kier molecular flexibility index (Phi) is 9.03. The molecule has 1 amide bonds. The highest BCUT2D eigenvalue weighted by Crippen LogP contribution is 2.20. The van der Waals surface area contributed by atoms with Crippen molar-refractivity contribution in [3.8, 4) is 5.75 Å². The van der Waals surface area contributed by atoms with Crippen LogP contribution in [0.15, 0.2) is 48.5 Å². The Balaban J connectivity index is 0.00000312. The molecule has 0 aliphatic rings. The van der Waals surface area contributed by atoms with E-state index in [2.05, 4.69) is 12.1 Å². The van der Waals surface area contributed by atoms with Gasteiger partial charge in [0, 0.05) is 25.2 Å². The van der Waals surface area contributed by atoms with E-state index >= 15 is 0 Å². The van der Waals surface area contributed by atoms with Crippen LogP contribution in [0.2, 0.25) is 0 Å². The lowest BCUT2D eigenvalue weighted by Crippen LogP contribution is -2.37. The highest BCUT2D eigenvalue weighted by atomic mass is 35.5. The van der Waals surface area contributed by atoms with Gasteiger partial charge in [0.15, 0.2) is 0 Å². The number of aryl methyl sites for hydroxylation is 1. The highest BCUT2D eigenvalue weighted by Gasteiger charge is 2.16. The van der Waals surface area contributed by atoms with Crippen molar-refractivity contribution in [3.05, 3.63) is 65.2 Å². The molecule has 0 bridgehead atoms. The summed E-state index contributed by atoms with van der Waals surface area (Å²) in [5.41, 5.74) is 8.59. The maximum atomic E-state index is 12.8. The number of carbonyl (C=O) groups is 1. The van der Waals surface area contributed by atoms with Crippen LogP contribution in [-0.2, 0) is 6.42 Å². The molecule has 136 valence electrons. The summed E-state index contributed by atoms with van der Waals surface area (Å²) in [4.78, 5) is 14.7. The number of ether oxygens (including phenoxy) is 1. The lowest BCUT2D eigenvalue weighted by molar-refractivity contribution is 0.0761. The molecule has 0 atom stereocenters. The van der Waals surface area contributed by atoms with Gasteiger partial charge in [-0.15, -0.1) is 12.4 Å². The van der Waals surface area contributed by atoms with Crippen LogP contribution >= 0.6 is 12.4 Å². The van der Waals surface area contributed by atoms with E-state index in [4.69, 9.17) is 10.5 Å². The van der Waals surface area contributed by atoms with Crippen molar-refractivity contribution in [2.75, 3.05) is 26.2 Å². The van der Waals surface area contributed by atoms with E-state index in [1.165, 1.54) is 5.56 Å². The maximum Gasteiger partial charge on any atom is 0.254 e. The molecular formula is C20H27ClN2O2. The fourth-order valence-electron chi connectivity index (χ4n) is 2.61. The Hall–Kier alpha value is -2.04. The Morgan fingerprint density at radius 3 is 2.48 bits per heavy atom. The van der Waals surface area contributed by atoms with E-state index in [-0.39, 0.29) is 18.3 Å². The summed E-state index contributed by atoms with van der Waals surface area (Å²) in [5, 5.41) is 0. The SMILES string of the molecule is CCOc1cc(C(=O)N(CCN)CCc2ccccc2)ccc1C.Cl. The molecule has 0 aliphatic carbocycles. The second-order valence-corrected chi connectivity index (χ2v) is 5.73. The molecule has 5 heteroatoms. The molecular weight excluding hydrogens is 336 g/mol. The van der Waals surface area contributed by atoms with Crippen LogP contribution in [-0.4, -0.2) is 37.0 Å². The van der Waals surface area contributed by atoms with Crippen LogP contribution in [0.25, 0.3) is 0 Å². The number of halogens is 1. The molecule has 0 spiro atoms. The van der Waals surface area contributed by atoms with Gasteiger partial charge in [-0.05, 0) is 43.5 Å². The standard InChI is InChI=1S/C20H26N2O2.ClH/c1-3-24-19-15-18(10-9-16(19)2)20(23)22(14-12-21)13-11-17-7-5-4-6-8-17;/h4-10,15H,3,11-14,21H2,1-2H3;1H. The van der Waals surface area contributed by atoms with Gasteiger partial charge in [0.2, 0.25) is 0 Å². The van der Waals surface area contributed by atoms with Crippen LogP contribution in [0.1, 0.15) is 28.4 Å². The van der Waals surface area contributed by atoms with Gasteiger partial charge in [-0.2, -0.15) is 0 Å². The van der Waals surface area contributed by atoms with Gasteiger partial charge in [0.1, 0.15) is 5.75 Å². The average Bonchev–Trinajstić information content (AvgIpc) is 2.61. The van der Waals surface area contributed by atoms with Gasteiger partial charge in [0.25, 0.3) is 5.91 Å². The fraction of sp³-hybridized carbons (Fsp3) is 0.350. The van der Waals surface area contributed by atoms with Crippen molar-refractivity contribution >= 4 is 18.3 Å². The van der Waals surface area contributed by atoms with Crippen molar-refractivity contribution in [1.29, 1.82) is 0 Å². The van der Waals surface area contributed by atoms with E-state index in [1.54, 1.807) is 0 Å². The van der Waals surface area contributed by atoms with Crippen molar-refractivity contribution in [2.24, 2.45) is 5.73 Å². The fourth-order valence-corrected chi connectivity index (χ4v) is 2.61. The first kappa shape index (κ1) is 21.0. The summed E-state index contributed by atoms with van der Waals surface area (Å²) in [6.07, 6.45) is 0.816. The third-order valence-electron chi connectivity index (χ3n) is 3.93. The van der Waals surface area contributed by atoms with Gasteiger partial charge in [-0.3, -0.25) is 4.79 Å². The number of carbonyl (C=O) groups excluding carboxylic acids is 1. The number of benzene rings is 2. The van der Waals surface area contributed by atoms with Gasteiger partial charge < -0.3 is 15.4 Å². The first-order valence-corrected chi connectivity index (χ1v) is 8.42. The molecule has 2 aromatic carbocycles. The third kappa shape index (κ3) is 6.07. The Labute approximate surface area is 156 Å². The van der Waals surface area contributed by atoms with Crippen LogP contribution in [0.5, 0.6) is 5.75 Å². The summed E-state index contributed by atoms with van der Waals surface area (Å²) < 4.78 is 5.60. The predicted octanol–water partition coefficient (Wildman–Crippen LogP) is 3.46. The first-order valence-electron chi connectivity index (χ1n) is 8.42. The van der Waals surface area contributed by atoms with Gasteiger partial charge in [-0.1, -0.05) is 36.4 Å². The molecule has 0 aliphatic heterocycles. The first-order chi connectivity index (χ1) is 11.7. The zero-order chi connectivity index (χ0) is 17.4. The number of nitrogens with two attached hydrogens (primary N) is 1. The monoisotopic (exact) mass is 362 g/mol. The summed E-state index contributed by atoms with van der Waals surface area (Å²) >= 11 is 0. The Morgan fingerprint density at radius 2 is 1.84 bits per heavy atom. The van der Waals surface area contributed by atoms with E-state index in [9.17, 15) is 4.79 Å². The van der Waals surface area contributed by atoms with Gasteiger partial charge in [-0.25, -0.2) is 0 Å². The minimum atomic E-state index is -0.00247. The Morgan fingerprint density at radius 1 is 1.12 bits per heavy atom. The summed E-state index contributed by atoms with van der Waals surface area (Å²) in [5.74, 6) is 0.761. The second-order valence-electron chi connectivity index (χ2n) is 5.73. The van der Waals surface area contributed by atoms with Crippen molar-refractivity contribution in [1.82, 2.24) is 4.90 Å². The quantitative estimate of drug-likeness (QED) is 0.782. The molecule has 0 unspecified atom stereocenters. The smallest absolute Gasteiger partial charge is 0.254 e. The normalized spacial score (nSPS) is 10.0. The van der Waals surface area contributed by atoms with Crippen molar-refractivity contribution in [3.63, 3.8) is 0 Å². The topological polar surface area (TPSA) is 55.6 Å². The van der Waals surface area contributed by atoms with Crippen molar-refractivity contribution < 1.29 is 9.53 Å². The van der Waals surface area contributed by atoms with Crippen molar-refractivity contribution in [2.45, 2.75) is 20.3 Å². The number of hydrogen-bond donors (Lipinski definition) is 1. The molecule has 4 nitrogen and oxygen atoms in total. The van der Waals surface area contributed by atoms with Crippen LogP contribution in [0.4, 0.5) is 0 Å². The summed E-state index contributed by atoms with van der Waals surface area (Å²) in [7, 11) is 0. The highest BCUT2D eigenvalue weighted by molar-refractivity contribution is 5.94. The average molecular weight is 363 g/mol. The van der Waals surface area contributed by atoms with E-state index in [0.717, 1.165) is 17.7 Å². The lowest BCUT2D eigenvalue weighted by atomic mass is 10.1. The molecule has 0 saturated carbocycles. The minimum Gasteiger partial charge on any atom is -0.494 e. The van der Waals surface area contributed by atoms with E-state index in [0.29, 0.717) is 31.8 Å². The zero-order valence-electron chi connectivity index (χ0n) is 14.9. The summed E-state index contributed by atoms with van der Waals surface area (Å²) in [6, 6.07) is 15.8. The number of amides is 1. The zero-order valence-corrected chi connectivity index (χ0v) is 15.7. The van der Waals surface area contributed by atoms with Crippen LogP contribution in [0, 0.1) is 6.92 Å². The second kappa shape index (κ2) is 10.7. The number of hydrogen-bond acceptors (Lipinski definition) is 3. The predicted molar refractivity (Wildman–Crippen MR) is 105 cm³/mol. The molecule has 2 N–H and O–H groups in total. The molecule has 0 fully saturated rings. The van der Waals surface area contributed by atoms with E-state index < -0.39 is 0 Å². The number of rotatable bonds is 8.